The minimum absolute atomic E-state index is 0.173. The largest absolute Gasteiger partial charge is 0.380 e. The van der Waals surface area contributed by atoms with Crippen molar-refractivity contribution >= 4 is 10.0 Å². The van der Waals surface area contributed by atoms with Gasteiger partial charge in [-0.2, -0.15) is 0 Å². The summed E-state index contributed by atoms with van der Waals surface area (Å²) < 4.78 is 30.8. The van der Waals surface area contributed by atoms with Gasteiger partial charge < -0.3 is 10.5 Å². The Morgan fingerprint density at radius 3 is 2.59 bits per heavy atom. The van der Waals surface area contributed by atoms with Crippen LogP contribution in [0.25, 0.3) is 0 Å². The summed E-state index contributed by atoms with van der Waals surface area (Å²) in [6.07, 6.45) is 3.05. The number of nitrogens with two attached hydrogens (primary N) is 1. The van der Waals surface area contributed by atoms with Gasteiger partial charge >= 0.3 is 0 Å². The third kappa shape index (κ3) is 4.54. The minimum Gasteiger partial charge on any atom is -0.380 e. The molecule has 1 saturated carbocycles. The normalized spacial score (nSPS) is 18.6. The van der Waals surface area contributed by atoms with Crippen molar-refractivity contribution in [3.8, 4) is 0 Å². The van der Waals surface area contributed by atoms with Crippen molar-refractivity contribution in [2.24, 2.45) is 11.7 Å². The Bertz CT molecular complexity index is 311. The number of likely N-dealkylation sites (N-methyl/N-ethyl adjacent to an activating group) is 1. The molecule has 6 heteroatoms. The zero-order valence-corrected chi connectivity index (χ0v) is 11.6. The fourth-order valence-corrected chi connectivity index (χ4v) is 3.11. The monoisotopic (exact) mass is 264 g/mol. The maximum absolute atomic E-state index is 12.0. The summed E-state index contributed by atoms with van der Waals surface area (Å²) in [7, 11) is -1.67. The average Bonchev–Trinajstić information content (AvgIpc) is 3.09. The van der Waals surface area contributed by atoms with Crippen LogP contribution in [-0.4, -0.2) is 51.3 Å². The second-order valence-corrected chi connectivity index (χ2v) is 6.97. The highest BCUT2D eigenvalue weighted by atomic mass is 32.2. The van der Waals surface area contributed by atoms with Crippen molar-refractivity contribution in [2.75, 3.05) is 33.4 Å². The first-order valence-electron chi connectivity index (χ1n) is 6.25. The van der Waals surface area contributed by atoms with Gasteiger partial charge in [-0.15, -0.1) is 0 Å². The van der Waals surface area contributed by atoms with E-state index < -0.39 is 15.3 Å². The number of ether oxygens (including phenoxy) is 1. The number of hydrogen-bond acceptors (Lipinski definition) is 4. The molecule has 0 aromatic carbocycles. The Morgan fingerprint density at radius 2 is 2.12 bits per heavy atom. The van der Waals surface area contributed by atoms with Gasteiger partial charge in [0.25, 0.3) is 0 Å². The molecule has 5 nitrogen and oxygen atoms in total. The summed E-state index contributed by atoms with van der Waals surface area (Å²) in [5, 5.41) is -0.476. The molecule has 102 valence electrons. The van der Waals surface area contributed by atoms with Crippen LogP contribution >= 0.6 is 0 Å². The van der Waals surface area contributed by atoms with Gasteiger partial charge in [0.2, 0.25) is 10.0 Å². The van der Waals surface area contributed by atoms with Gasteiger partial charge in [-0.25, -0.2) is 12.7 Å². The molecule has 1 fully saturated rings. The van der Waals surface area contributed by atoms with Gasteiger partial charge in [0.15, 0.2) is 0 Å². The standard InChI is InChI=1S/C11H24N2O3S/c1-3-11(8-12)17(14,15)13(2)6-7-16-9-10-4-5-10/h10-11H,3-9,12H2,1-2H3. The van der Waals surface area contributed by atoms with E-state index in [9.17, 15) is 8.42 Å². The Morgan fingerprint density at radius 1 is 1.47 bits per heavy atom. The topological polar surface area (TPSA) is 72.6 Å². The average molecular weight is 264 g/mol. The quantitative estimate of drug-likeness (QED) is 0.612. The van der Waals surface area contributed by atoms with Crippen LogP contribution in [0.5, 0.6) is 0 Å². The van der Waals surface area contributed by atoms with Gasteiger partial charge in [0.05, 0.1) is 11.9 Å². The molecule has 1 unspecified atom stereocenters. The molecule has 0 aliphatic heterocycles. The first kappa shape index (κ1) is 14.9. The van der Waals surface area contributed by atoms with Gasteiger partial charge in [-0.05, 0) is 25.2 Å². The summed E-state index contributed by atoms with van der Waals surface area (Å²) in [6, 6.07) is 0. The smallest absolute Gasteiger partial charge is 0.218 e. The number of nitrogens with zero attached hydrogens (tertiary/aromatic N) is 1. The predicted octanol–water partition coefficient (Wildman–Crippen LogP) is 0.412. The lowest BCUT2D eigenvalue weighted by Crippen LogP contribution is -2.41. The molecule has 0 heterocycles. The summed E-state index contributed by atoms with van der Waals surface area (Å²) in [5.74, 6) is 0.712. The van der Waals surface area contributed by atoms with E-state index in [0.717, 1.165) is 6.61 Å². The number of rotatable bonds is 9. The molecule has 0 aromatic heterocycles. The molecule has 1 atom stereocenters. The molecule has 0 bridgehead atoms. The van der Waals surface area contributed by atoms with Gasteiger partial charge in [0, 0.05) is 26.7 Å². The van der Waals surface area contributed by atoms with Crippen LogP contribution in [-0.2, 0) is 14.8 Å². The van der Waals surface area contributed by atoms with Crippen LogP contribution in [0.1, 0.15) is 26.2 Å². The minimum atomic E-state index is -3.26. The van der Waals surface area contributed by atoms with Crippen molar-refractivity contribution in [1.82, 2.24) is 4.31 Å². The van der Waals surface area contributed by atoms with E-state index in [1.807, 2.05) is 6.92 Å². The van der Waals surface area contributed by atoms with E-state index >= 15 is 0 Å². The zero-order valence-electron chi connectivity index (χ0n) is 10.8. The van der Waals surface area contributed by atoms with Crippen LogP contribution in [0.15, 0.2) is 0 Å². The van der Waals surface area contributed by atoms with E-state index in [1.54, 1.807) is 7.05 Å². The summed E-state index contributed by atoms with van der Waals surface area (Å²) in [4.78, 5) is 0. The third-order valence-corrected chi connectivity index (χ3v) is 5.59. The Balaban J connectivity index is 2.30. The Labute approximate surface area is 104 Å². The second kappa shape index (κ2) is 6.68. The molecule has 1 aliphatic carbocycles. The molecule has 2 N–H and O–H groups in total. The lowest BCUT2D eigenvalue weighted by Gasteiger charge is -2.22. The van der Waals surface area contributed by atoms with E-state index in [-0.39, 0.29) is 6.54 Å². The van der Waals surface area contributed by atoms with E-state index in [1.165, 1.54) is 17.1 Å². The van der Waals surface area contributed by atoms with Crippen molar-refractivity contribution in [3.05, 3.63) is 0 Å². The number of hydrogen-bond donors (Lipinski definition) is 1. The SMILES string of the molecule is CCC(CN)S(=O)(=O)N(C)CCOCC1CC1. The molecule has 1 aliphatic rings. The predicted molar refractivity (Wildman–Crippen MR) is 68.2 cm³/mol. The van der Waals surface area contributed by atoms with Crippen molar-refractivity contribution in [2.45, 2.75) is 31.4 Å². The van der Waals surface area contributed by atoms with Gasteiger partial charge in [-0.1, -0.05) is 6.92 Å². The van der Waals surface area contributed by atoms with E-state index in [4.69, 9.17) is 10.5 Å². The van der Waals surface area contributed by atoms with E-state index in [0.29, 0.717) is 25.5 Å². The molecular formula is C11H24N2O3S. The van der Waals surface area contributed by atoms with Crippen LogP contribution in [0, 0.1) is 5.92 Å². The highest BCUT2D eigenvalue weighted by molar-refractivity contribution is 7.89. The first-order valence-corrected chi connectivity index (χ1v) is 7.75. The fraction of sp³-hybridized carbons (Fsp3) is 1.00. The molecule has 0 spiro atoms. The van der Waals surface area contributed by atoms with Crippen LogP contribution in [0.4, 0.5) is 0 Å². The molecule has 17 heavy (non-hydrogen) atoms. The first-order chi connectivity index (χ1) is 8.02. The lowest BCUT2D eigenvalue weighted by molar-refractivity contribution is 0.117. The Hall–Kier alpha value is -0.170. The Kier molecular flexibility index (Phi) is 5.85. The fourth-order valence-electron chi connectivity index (χ4n) is 1.61. The summed E-state index contributed by atoms with van der Waals surface area (Å²) >= 11 is 0. The third-order valence-electron chi connectivity index (χ3n) is 3.17. The molecule has 0 aromatic rings. The summed E-state index contributed by atoms with van der Waals surface area (Å²) in [5.41, 5.74) is 5.47. The van der Waals surface area contributed by atoms with Crippen LogP contribution in [0.3, 0.4) is 0 Å². The van der Waals surface area contributed by atoms with Crippen molar-refractivity contribution in [1.29, 1.82) is 0 Å². The summed E-state index contributed by atoms with van der Waals surface area (Å²) in [6.45, 7) is 3.65. The van der Waals surface area contributed by atoms with Crippen LogP contribution in [0.2, 0.25) is 0 Å². The van der Waals surface area contributed by atoms with Crippen molar-refractivity contribution < 1.29 is 13.2 Å². The van der Waals surface area contributed by atoms with Gasteiger partial charge in [0.1, 0.15) is 0 Å². The number of sulfonamides is 1. The maximum atomic E-state index is 12.0. The molecule has 0 saturated heterocycles. The highest BCUT2D eigenvalue weighted by Crippen LogP contribution is 2.28. The van der Waals surface area contributed by atoms with Crippen LogP contribution < -0.4 is 5.73 Å². The second-order valence-electron chi connectivity index (χ2n) is 4.65. The molecular weight excluding hydrogens is 240 g/mol. The zero-order chi connectivity index (χ0) is 12.9. The lowest BCUT2D eigenvalue weighted by atomic mass is 10.3. The van der Waals surface area contributed by atoms with Crippen molar-refractivity contribution in [3.63, 3.8) is 0 Å². The molecule has 1 rings (SSSR count). The van der Waals surface area contributed by atoms with Gasteiger partial charge in [-0.3, -0.25) is 0 Å². The molecule has 0 radical (unpaired) electrons. The molecule has 0 amide bonds. The highest BCUT2D eigenvalue weighted by Gasteiger charge is 2.27. The maximum Gasteiger partial charge on any atom is 0.218 e. The van der Waals surface area contributed by atoms with E-state index in [2.05, 4.69) is 0 Å².